The van der Waals surface area contributed by atoms with Crippen molar-refractivity contribution in [2.75, 3.05) is 0 Å². The summed E-state index contributed by atoms with van der Waals surface area (Å²) < 4.78 is 1.78. The molecule has 0 fully saturated rings. The van der Waals surface area contributed by atoms with Crippen molar-refractivity contribution >= 4 is 16.9 Å². The minimum Gasteiger partial charge on any atom is -0.481 e. The van der Waals surface area contributed by atoms with Crippen molar-refractivity contribution in [2.24, 2.45) is 5.92 Å². The molecule has 2 aromatic rings. The molecule has 4 heteroatoms. The fourth-order valence-corrected chi connectivity index (χ4v) is 1.89. The number of aliphatic carboxylic acids is 1. The SMILES string of the molecule is Cc1ccc2nn(CC(C)C(=O)O)c(C)c2c1. The van der Waals surface area contributed by atoms with Crippen molar-refractivity contribution < 1.29 is 9.90 Å². The monoisotopic (exact) mass is 232 g/mol. The molecular formula is C13H16N2O2. The lowest BCUT2D eigenvalue weighted by Crippen LogP contribution is -2.18. The Labute approximate surface area is 99.9 Å². The predicted octanol–water partition coefficient (Wildman–Crippen LogP) is 2.37. The number of aryl methyl sites for hydroxylation is 2. The molecule has 0 bridgehead atoms. The Balaban J connectivity index is 2.42. The zero-order valence-electron chi connectivity index (χ0n) is 10.3. The van der Waals surface area contributed by atoms with Gasteiger partial charge >= 0.3 is 5.97 Å². The van der Waals surface area contributed by atoms with E-state index in [1.165, 1.54) is 5.56 Å². The molecule has 17 heavy (non-hydrogen) atoms. The normalized spacial score (nSPS) is 12.9. The molecule has 0 aliphatic heterocycles. The van der Waals surface area contributed by atoms with Gasteiger partial charge in [-0.3, -0.25) is 9.48 Å². The zero-order valence-corrected chi connectivity index (χ0v) is 10.3. The van der Waals surface area contributed by atoms with E-state index in [1.54, 1.807) is 11.6 Å². The lowest BCUT2D eigenvalue weighted by Gasteiger charge is -2.07. The molecule has 0 amide bonds. The van der Waals surface area contributed by atoms with Gasteiger partial charge < -0.3 is 5.11 Å². The van der Waals surface area contributed by atoms with Gasteiger partial charge in [-0.1, -0.05) is 18.6 Å². The fraction of sp³-hybridized carbons (Fsp3) is 0.385. The van der Waals surface area contributed by atoms with E-state index in [0.717, 1.165) is 16.6 Å². The zero-order chi connectivity index (χ0) is 12.6. The van der Waals surface area contributed by atoms with E-state index in [-0.39, 0.29) is 0 Å². The molecule has 0 saturated heterocycles. The first-order valence-electron chi connectivity index (χ1n) is 5.65. The highest BCUT2D eigenvalue weighted by Gasteiger charge is 2.15. The second-order valence-corrected chi connectivity index (χ2v) is 4.53. The number of carboxylic acids is 1. The number of carboxylic acid groups (broad SMARTS) is 1. The summed E-state index contributed by atoms with van der Waals surface area (Å²) >= 11 is 0. The van der Waals surface area contributed by atoms with Gasteiger partial charge in [0.1, 0.15) is 0 Å². The molecule has 1 aromatic heterocycles. The molecule has 2 rings (SSSR count). The highest BCUT2D eigenvalue weighted by Crippen LogP contribution is 2.19. The molecule has 0 saturated carbocycles. The second kappa shape index (κ2) is 4.20. The van der Waals surface area contributed by atoms with Gasteiger partial charge in [0.15, 0.2) is 0 Å². The number of benzene rings is 1. The number of fused-ring (bicyclic) bond motifs is 1. The Bertz CT molecular complexity index is 572. The maximum Gasteiger partial charge on any atom is 0.308 e. The van der Waals surface area contributed by atoms with Crippen LogP contribution in [0.5, 0.6) is 0 Å². The van der Waals surface area contributed by atoms with Crippen LogP contribution < -0.4 is 0 Å². The number of rotatable bonds is 3. The van der Waals surface area contributed by atoms with E-state index in [1.807, 2.05) is 26.0 Å². The van der Waals surface area contributed by atoms with Gasteiger partial charge in [0.05, 0.1) is 18.0 Å². The highest BCUT2D eigenvalue weighted by atomic mass is 16.4. The van der Waals surface area contributed by atoms with E-state index in [9.17, 15) is 4.79 Å². The maximum absolute atomic E-state index is 10.8. The molecule has 0 spiro atoms. The first-order chi connectivity index (χ1) is 7.99. The number of hydrogen-bond acceptors (Lipinski definition) is 2. The quantitative estimate of drug-likeness (QED) is 0.883. The summed E-state index contributed by atoms with van der Waals surface area (Å²) in [6, 6.07) is 6.07. The summed E-state index contributed by atoms with van der Waals surface area (Å²) in [7, 11) is 0. The number of carbonyl (C=O) groups is 1. The van der Waals surface area contributed by atoms with Crippen molar-refractivity contribution in [1.29, 1.82) is 0 Å². The largest absolute Gasteiger partial charge is 0.481 e. The number of aromatic nitrogens is 2. The van der Waals surface area contributed by atoms with Crippen LogP contribution in [0.4, 0.5) is 0 Å². The van der Waals surface area contributed by atoms with Crippen LogP contribution in [0.25, 0.3) is 10.9 Å². The molecule has 1 aromatic carbocycles. The smallest absolute Gasteiger partial charge is 0.308 e. The molecular weight excluding hydrogens is 216 g/mol. The third-order valence-corrected chi connectivity index (χ3v) is 3.03. The van der Waals surface area contributed by atoms with Gasteiger partial charge in [0, 0.05) is 11.1 Å². The Hall–Kier alpha value is -1.84. The minimum absolute atomic E-state index is 0.412. The van der Waals surface area contributed by atoms with Crippen molar-refractivity contribution in [3.63, 3.8) is 0 Å². The number of hydrogen-bond donors (Lipinski definition) is 1. The summed E-state index contributed by atoms with van der Waals surface area (Å²) in [6.07, 6.45) is 0. The molecule has 4 nitrogen and oxygen atoms in total. The lowest BCUT2D eigenvalue weighted by molar-refractivity contribution is -0.141. The summed E-state index contributed by atoms with van der Waals surface area (Å²) in [5.41, 5.74) is 3.13. The molecule has 0 aliphatic rings. The molecule has 1 heterocycles. The third-order valence-electron chi connectivity index (χ3n) is 3.03. The Kier molecular flexibility index (Phi) is 2.88. The lowest BCUT2D eigenvalue weighted by atomic mass is 10.1. The molecule has 0 radical (unpaired) electrons. The van der Waals surface area contributed by atoms with Crippen LogP contribution in [-0.4, -0.2) is 20.9 Å². The van der Waals surface area contributed by atoms with E-state index in [4.69, 9.17) is 5.11 Å². The van der Waals surface area contributed by atoms with Crippen LogP contribution in [0.1, 0.15) is 18.2 Å². The van der Waals surface area contributed by atoms with Crippen LogP contribution in [0.2, 0.25) is 0 Å². The van der Waals surface area contributed by atoms with Gasteiger partial charge in [-0.15, -0.1) is 0 Å². The Morgan fingerprint density at radius 3 is 2.82 bits per heavy atom. The van der Waals surface area contributed by atoms with Crippen molar-refractivity contribution in [2.45, 2.75) is 27.3 Å². The van der Waals surface area contributed by atoms with Gasteiger partial charge in [-0.25, -0.2) is 0 Å². The average Bonchev–Trinajstić information content (AvgIpc) is 2.56. The molecule has 1 atom stereocenters. The van der Waals surface area contributed by atoms with Crippen LogP contribution in [-0.2, 0) is 11.3 Å². The van der Waals surface area contributed by atoms with Gasteiger partial charge in [-0.05, 0) is 26.0 Å². The maximum atomic E-state index is 10.8. The first kappa shape index (κ1) is 11.6. The second-order valence-electron chi connectivity index (χ2n) is 4.53. The van der Waals surface area contributed by atoms with Crippen molar-refractivity contribution in [3.05, 3.63) is 29.5 Å². The Morgan fingerprint density at radius 1 is 1.47 bits per heavy atom. The highest BCUT2D eigenvalue weighted by molar-refractivity contribution is 5.82. The van der Waals surface area contributed by atoms with Gasteiger partial charge in [0.2, 0.25) is 0 Å². The van der Waals surface area contributed by atoms with Gasteiger partial charge in [0.25, 0.3) is 0 Å². The number of nitrogens with zero attached hydrogens (tertiary/aromatic N) is 2. The summed E-state index contributed by atoms with van der Waals surface area (Å²) in [4.78, 5) is 10.8. The van der Waals surface area contributed by atoms with E-state index in [2.05, 4.69) is 11.2 Å². The van der Waals surface area contributed by atoms with E-state index < -0.39 is 11.9 Å². The van der Waals surface area contributed by atoms with Crippen molar-refractivity contribution in [1.82, 2.24) is 9.78 Å². The summed E-state index contributed by atoms with van der Waals surface area (Å²) in [5.74, 6) is -1.22. The molecule has 1 N–H and O–H groups in total. The predicted molar refractivity (Wildman–Crippen MR) is 66.0 cm³/mol. The standard InChI is InChI=1S/C13H16N2O2/c1-8-4-5-12-11(6-8)10(3)15(14-12)7-9(2)13(16)17/h4-6,9H,7H2,1-3H3,(H,16,17). The average molecular weight is 232 g/mol. The molecule has 1 unspecified atom stereocenters. The van der Waals surface area contributed by atoms with Crippen LogP contribution in [0.15, 0.2) is 18.2 Å². The van der Waals surface area contributed by atoms with Crippen LogP contribution >= 0.6 is 0 Å². The Morgan fingerprint density at radius 2 is 2.18 bits per heavy atom. The fourth-order valence-electron chi connectivity index (χ4n) is 1.89. The van der Waals surface area contributed by atoms with E-state index in [0.29, 0.717) is 6.54 Å². The molecule has 0 aliphatic carbocycles. The van der Waals surface area contributed by atoms with Crippen LogP contribution in [0, 0.1) is 19.8 Å². The topological polar surface area (TPSA) is 55.1 Å². The van der Waals surface area contributed by atoms with Gasteiger partial charge in [-0.2, -0.15) is 5.10 Å². The third kappa shape index (κ3) is 2.16. The first-order valence-corrected chi connectivity index (χ1v) is 5.65. The van der Waals surface area contributed by atoms with E-state index >= 15 is 0 Å². The van der Waals surface area contributed by atoms with Crippen LogP contribution in [0.3, 0.4) is 0 Å². The minimum atomic E-state index is -0.792. The summed E-state index contributed by atoms with van der Waals surface area (Å²) in [5, 5.41) is 14.4. The summed E-state index contributed by atoms with van der Waals surface area (Å²) in [6.45, 7) is 6.12. The van der Waals surface area contributed by atoms with Crippen molar-refractivity contribution in [3.8, 4) is 0 Å². The molecule has 90 valence electrons.